The molecule has 0 unspecified atom stereocenters. The number of allylic oxidation sites excluding steroid dienone is 1. The van der Waals surface area contributed by atoms with E-state index in [4.69, 9.17) is 4.74 Å². The first kappa shape index (κ1) is 8.11. The minimum Gasteiger partial charge on any atom is -0.498 e. The van der Waals surface area contributed by atoms with E-state index in [9.17, 15) is 4.79 Å². The number of methoxy groups -OCH3 is 1. The van der Waals surface area contributed by atoms with Crippen molar-refractivity contribution in [3.63, 3.8) is 0 Å². The van der Waals surface area contributed by atoms with Crippen LogP contribution in [0.15, 0.2) is 11.3 Å². The van der Waals surface area contributed by atoms with Gasteiger partial charge in [-0.2, -0.15) is 0 Å². The summed E-state index contributed by atoms with van der Waals surface area (Å²) in [7, 11) is 1.39. The van der Waals surface area contributed by atoms with Crippen LogP contribution in [0.3, 0.4) is 0 Å². The molecule has 1 aliphatic rings. The molecule has 0 bridgehead atoms. The Hall–Kier alpha value is -0.990. The molecule has 0 atom stereocenters. The van der Waals surface area contributed by atoms with Gasteiger partial charge in [0, 0.05) is 0 Å². The van der Waals surface area contributed by atoms with Gasteiger partial charge in [0.15, 0.2) is 0 Å². The minimum atomic E-state index is -0.262. The molecule has 0 amide bonds. The Balaban J connectivity index is 2.74. The van der Waals surface area contributed by atoms with Crippen LogP contribution in [0, 0.1) is 0 Å². The smallest absolute Gasteiger partial charge is 0.337 e. The van der Waals surface area contributed by atoms with E-state index in [1.54, 1.807) is 6.92 Å². The number of hydrogen-bond donors (Lipinski definition) is 0. The predicted molar refractivity (Wildman–Crippen MR) is 39.9 cm³/mol. The highest BCUT2D eigenvalue weighted by molar-refractivity contribution is 5.88. The Labute approximate surface area is 66.0 Å². The highest BCUT2D eigenvalue weighted by Gasteiger charge is 2.17. The lowest BCUT2D eigenvalue weighted by atomic mass is 10.1. The van der Waals surface area contributed by atoms with Crippen molar-refractivity contribution in [1.29, 1.82) is 0 Å². The fraction of sp³-hybridized carbons (Fsp3) is 0.625. The molecule has 1 aliphatic heterocycles. The van der Waals surface area contributed by atoms with Gasteiger partial charge in [0.05, 0.1) is 19.3 Å². The Morgan fingerprint density at radius 2 is 2.36 bits per heavy atom. The first-order valence-corrected chi connectivity index (χ1v) is 3.66. The van der Waals surface area contributed by atoms with Gasteiger partial charge in [-0.25, -0.2) is 4.79 Å². The van der Waals surface area contributed by atoms with Crippen LogP contribution < -0.4 is 0 Å². The molecule has 1 rings (SSSR count). The molecule has 0 aromatic carbocycles. The van der Waals surface area contributed by atoms with Crippen molar-refractivity contribution in [3.8, 4) is 0 Å². The average molecular weight is 156 g/mol. The summed E-state index contributed by atoms with van der Waals surface area (Å²) in [5, 5.41) is 0. The normalized spacial score (nSPS) is 17.6. The van der Waals surface area contributed by atoms with Crippen LogP contribution in [-0.4, -0.2) is 19.7 Å². The molecule has 0 N–H and O–H groups in total. The summed E-state index contributed by atoms with van der Waals surface area (Å²) in [6, 6.07) is 0. The van der Waals surface area contributed by atoms with E-state index in [-0.39, 0.29) is 5.97 Å². The van der Waals surface area contributed by atoms with E-state index in [2.05, 4.69) is 4.74 Å². The number of carbonyl (C=O) groups is 1. The molecule has 3 heteroatoms. The first-order valence-electron chi connectivity index (χ1n) is 3.66. The highest BCUT2D eigenvalue weighted by Crippen LogP contribution is 2.19. The van der Waals surface area contributed by atoms with E-state index < -0.39 is 0 Å². The average Bonchev–Trinajstić information content (AvgIpc) is 2.04. The van der Waals surface area contributed by atoms with Crippen LogP contribution in [0.2, 0.25) is 0 Å². The Bertz CT molecular complexity index is 194. The summed E-state index contributed by atoms with van der Waals surface area (Å²) in [6.45, 7) is 2.51. The first-order chi connectivity index (χ1) is 5.25. The maximum Gasteiger partial charge on any atom is 0.337 e. The molecule has 0 radical (unpaired) electrons. The van der Waals surface area contributed by atoms with Gasteiger partial charge in [-0.15, -0.1) is 0 Å². The lowest BCUT2D eigenvalue weighted by molar-refractivity contribution is -0.136. The van der Waals surface area contributed by atoms with E-state index in [0.717, 1.165) is 12.8 Å². The lowest BCUT2D eigenvalue weighted by Gasteiger charge is -2.16. The highest BCUT2D eigenvalue weighted by atomic mass is 16.5. The van der Waals surface area contributed by atoms with Crippen molar-refractivity contribution in [1.82, 2.24) is 0 Å². The number of ether oxygens (including phenoxy) is 2. The van der Waals surface area contributed by atoms with E-state index in [1.165, 1.54) is 7.11 Å². The summed E-state index contributed by atoms with van der Waals surface area (Å²) in [6.07, 6.45) is 1.68. The van der Waals surface area contributed by atoms with Gasteiger partial charge in [0.25, 0.3) is 0 Å². The molecule has 0 aromatic heterocycles. The summed E-state index contributed by atoms with van der Waals surface area (Å²) < 4.78 is 9.78. The van der Waals surface area contributed by atoms with Crippen molar-refractivity contribution in [2.45, 2.75) is 19.8 Å². The molecule has 0 saturated carbocycles. The third kappa shape index (κ3) is 1.73. The topological polar surface area (TPSA) is 35.5 Å². The molecule has 0 spiro atoms. The molecule has 11 heavy (non-hydrogen) atoms. The number of rotatable bonds is 1. The predicted octanol–water partition coefficient (Wildman–Crippen LogP) is 1.24. The molecule has 1 heterocycles. The van der Waals surface area contributed by atoms with Crippen LogP contribution in [-0.2, 0) is 14.3 Å². The van der Waals surface area contributed by atoms with Gasteiger partial charge in [-0.3, -0.25) is 0 Å². The number of carbonyl (C=O) groups excluding carboxylic acids is 1. The largest absolute Gasteiger partial charge is 0.498 e. The van der Waals surface area contributed by atoms with Gasteiger partial charge in [0.2, 0.25) is 0 Å². The molecular formula is C8H12O3. The van der Waals surface area contributed by atoms with E-state index in [1.807, 2.05) is 0 Å². The summed E-state index contributed by atoms with van der Waals surface area (Å²) in [5.41, 5.74) is 0.679. The Morgan fingerprint density at radius 3 is 2.91 bits per heavy atom. The second-order valence-electron chi connectivity index (χ2n) is 2.48. The molecule has 0 fully saturated rings. The molecular weight excluding hydrogens is 144 g/mol. The van der Waals surface area contributed by atoms with Gasteiger partial charge in [0.1, 0.15) is 5.76 Å². The van der Waals surface area contributed by atoms with Crippen molar-refractivity contribution < 1.29 is 14.3 Å². The summed E-state index contributed by atoms with van der Waals surface area (Å²) in [4.78, 5) is 11.0. The monoisotopic (exact) mass is 156 g/mol. The fourth-order valence-corrected chi connectivity index (χ4v) is 1.11. The van der Waals surface area contributed by atoms with E-state index in [0.29, 0.717) is 17.9 Å². The van der Waals surface area contributed by atoms with Gasteiger partial charge < -0.3 is 9.47 Å². The number of hydrogen-bond acceptors (Lipinski definition) is 3. The van der Waals surface area contributed by atoms with Crippen LogP contribution in [0.4, 0.5) is 0 Å². The Kier molecular flexibility index (Phi) is 2.52. The second-order valence-corrected chi connectivity index (χ2v) is 2.48. The maximum absolute atomic E-state index is 11.0. The second kappa shape index (κ2) is 3.42. The van der Waals surface area contributed by atoms with Crippen molar-refractivity contribution >= 4 is 5.97 Å². The minimum absolute atomic E-state index is 0.262. The molecule has 0 aromatic rings. The SMILES string of the molecule is COC(=O)C1=C(C)OCCC1. The van der Waals surface area contributed by atoms with Crippen LogP contribution in [0.5, 0.6) is 0 Å². The van der Waals surface area contributed by atoms with Crippen LogP contribution >= 0.6 is 0 Å². The Morgan fingerprint density at radius 1 is 1.64 bits per heavy atom. The van der Waals surface area contributed by atoms with Gasteiger partial charge in [-0.1, -0.05) is 0 Å². The van der Waals surface area contributed by atoms with Gasteiger partial charge in [-0.05, 0) is 19.8 Å². The van der Waals surface area contributed by atoms with Crippen molar-refractivity contribution in [2.24, 2.45) is 0 Å². The van der Waals surface area contributed by atoms with Gasteiger partial charge >= 0.3 is 5.97 Å². The fourth-order valence-electron chi connectivity index (χ4n) is 1.11. The van der Waals surface area contributed by atoms with Crippen LogP contribution in [0.25, 0.3) is 0 Å². The third-order valence-corrected chi connectivity index (χ3v) is 1.75. The third-order valence-electron chi connectivity index (χ3n) is 1.75. The van der Waals surface area contributed by atoms with E-state index >= 15 is 0 Å². The summed E-state index contributed by atoms with van der Waals surface area (Å²) >= 11 is 0. The maximum atomic E-state index is 11.0. The zero-order chi connectivity index (χ0) is 8.27. The molecule has 3 nitrogen and oxygen atoms in total. The summed E-state index contributed by atoms with van der Waals surface area (Å²) in [5.74, 6) is 0.449. The quantitative estimate of drug-likeness (QED) is 0.536. The zero-order valence-electron chi connectivity index (χ0n) is 6.85. The molecule has 0 saturated heterocycles. The van der Waals surface area contributed by atoms with Crippen molar-refractivity contribution in [2.75, 3.05) is 13.7 Å². The molecule has 62 valence electrons. The van der Waals surface area contributed by atoms with Crippen LogP contribution in [0.1, 0.15) is 19.8 Å². The van der Waals surface area contributed by atoms with Crippen molar-refractivity contribution in [3.05, 3.63) is 11.3 Å². The molecule has 0 aliphatic carbocycles. The number of esters is 1. The lowest BCUT2D eigenvalue weighted by Crippen LogP contribution is -2.13. The standard InChI is InChI=1S/C8H12O3/c1-6-7(8(9)10-2)4-3-5-11-6/h3-5H2,1-2H3. The zero-order valence-corrected chi connectivity index (χ0v) is 6.85.